The molecule has 1 aromatic carbocycles. The van der Waals surface area contributed by atoms with E-state index >= 15 is 0 Å². The standard InChI is InChI=1S/C11H13NO3/c1-15-10-5-2-4-9(8-10)12-7-3-6-11(13)14/h2-6,8,12H,7H2,1H3,(H,13,14)/b6-3+. The van der Waals surface area contributed by atoms with Crippen molar-refractivity contribution in [3.8, 4) is 5.75 Å². The summed E-state index contributed by atoms with van der Waals surface area (Å²) < 4.78 is 5.05. The van der Waals surface area contributed by atoms with Gasteiger partial charge in [-0.25, -0.2) is 4.79 Å². The first-order chi connectivity index (χ1) is 7.22. The molecule has 0 heterocycles. The Balaban J connectivity index is 2.47. The molecule has 80 valence electrons. The van der Waals surface area contributed by atoms with Crippen LogP contribution in [0.1, 0.15) is 0 Å². The van der Waals surface area contributed by atoms with Crippen LogP contribution in [0.4, 0.5) is 5.69 Å². The largest absolute Gasteiger partial charge is 0.497 e. The molecule has 0 saturated heterocycles. The molecule has 0 amide bonds. The molecule has 2 N–H and O–H groups in total. The van der Waals surface area contributed by atoms with Gasteiger partial charge in [-0.2, -0.15) is 0 Å². The van der Waals surface area contributed by atoms with Crippen LogP contribution < -0.4 is 10.1 Å². The maximum absolute atomic E-state index is 10.2. The Kier molecular flexibility index (Phi) is 4.22. The van der Waals surface area contributed by atoms with Gasteiger partial charge in [-0.3, -0.25) is 0 Å². The number of methoxy groups -OCH3 is 1. The van der Waals surface area contributed by atoms with Gasteiger partial charge < -0.3 is 15.2 Å². The fraction of sp³-hybridized carbons (Fsp3) is 0.182. The first kappa shape index (κ1) is 11.1. The summed E-state index contributed by atoms with van der Waals surface area (Å²) >= 11 is 0. The van der Waals surface area contributed by atoms with Crippen molar-refractivity contribution in [1.29, 1.82) is 0 Å². The van der Waals surface area contributed by atoms with Crippen molar-refractivity contribution in [2.75, 3.05) is 19.0 Å². The molecular weight excluding hydrogens is 194 g/mol. The van der Waals surface area contributed by atoms with Crippen LogP contribution in [0.2, 0.25) is 0 Å². The normalized spacial score (nSPS) is 10.2. The van der Waals surface area contributed by atoms with Crippen LogP contribution in [0.3, 0.4) is 0 Å². The number of ether oxygens (including phenoxy) is 1. The number of aliphatic carboxylic acids is 1. The van der Waals surface area contributed by atoms with Crippen molar-refractivity contribution in [3.05, 3.63) is 36.4 Å². The first-order valence-electron chi connectivity index (χ1n) is 4.50. The van der Waals surface area contributed by atoms with E-state index in [2.05, 4.69) is 5.32 Å². The van der Waals surface area contributed by atoms with Gasteiger partial charge >= 0.3 is 5.97 Å². The van der Waals surface area contributed by atoms with Crippen molar-refractivity contribution >= 4 is 11.7 Å². The number of anilines is 1. The van der Waals surface area contributed by atoms with Crippen molar-refractivity contribution in [1.82, 2.24) is 0 Å². The average molecular weight is 207 g/mol. The third kappa shape index (κ3) is 4.17. The van der Waals surface area contributed by atoms with Crippen LogP contribution in [-0.2, 0) is 4.79 Å². The molecule has 0 saturated carbocycles. The van der Waals surface area contributed by atoms with Gasteiger partial charge in [-0.05, 0) is 12.1 Å². The maximum atomic E-state index is 10.2. The lowest BCUT2D eigenvalue weighted by atomic mass is 10.3. The Hall–Kier alpha value is -1.97. The monoisotopic (exact) mass is 207 g/mol. The van der Waals surface area contributed by atoms with Gasteiger partial charge in [0.15, 0.2) is 0 Å². The Bertz CT molecular complexity index is 361. The molecule has 0 aromatic heterocycles. The number of rotatable bonds is 5. The van der Waals surface area contributed by atoms with Crippen LogP contribution in [0, 0.1) is 0 Å². The van der Waals surface area contributed by atoms with E-state index in [4.69, 9.17) is 9.84 Å². The molecule has 0 unspecified atom stereocenters. The van der Waals surface area contributed by atoms with Crippen LogP contribution >= 0.6 is 0 Å². The molecule has 0 bridgehead atoms. The summed E-state index contributed by atoms with van der Waals surface area (Å²) in [6, 6.07) is 7.44. The molecular formula is C11H13NO3. The van der Waals surface area contributed by atoms with Crippen molar-refractivity contribution < 1.29 is 14.6 Å². The minimum atomic E-state index is -0.942. The van der Waals surface area contributed by atoms with E-state index < -0.39 is 5.97 Å². The zero-order chi connectivity index (χ0) is 11.1. The Morgan fingerprint density at radius 2 is 2.40 bits per heavy atom. The summed E-state index contributed by atoms with van der Waals surface area (Å²) in [7, 11) is 1.60. The van der Waals surface area contributed by atoms with E-state index in [-0.39, 0.29) is 0 Å². The molecule has 0 spiro atoms. The van der Waals surface area contributed by atoms with Crippen molar-refractivity contribution in [2.24, 2.45) is 0 Å². The summed E-state index contributed by atoms with van der Waals surface area (Å²) in [5.74, 6) is -0.176. The second kappa shape index (κ2) is 5.70. The molecule has 0 radical (unpaired) electrons. The number of carboxylic acid groups (broad SMARTS) is 1. The van der Waals surface area contributed by atoms with Crippen LogP contribution in [-0.4, -0.2) is 24.7 Å². The van der Waals surface area contributed by atoms with Gasteiger partial charge in [0.25, 0.3) is 0 Å². The second-order valence-electron chi connectivity index (χ2n) is 2.85. The Labute approximate surface area is 88.2 Å². The molecule has 4 heteroatoms. The van der Waals surface area contributed by atoms with E-state index in [9.17, 15) is 4.79 Å². The molecule has 1 rings (SSSR count). The lowest BCUT2D eigenvalue weighted by molar-refractivity contribution is -0.131. The number of hydrogen-bond acceptors (Lipinski definition) is 3. The minimum absolute atomic E-state index is 0.472. The van der Waals surface area contributed by atoms with Gasteiger partial charge in [-0.15, -0.1) is 0 Å². The van der Waals surface area contributed by atoms with E-state index in [1.807, 2.05) is 24.3 Å². The van der Waals surface area contributed by atoms with Gasteiger partial charge in [-0.1, -0.05) is 12.1 Å². The van der Waals surface area contributed by atoms with Gasteiger partial charge in [0.05, 0.1) is 7.11 Å². The van der Waals surface area contributed by atoms with Crippen molar-refractivity contribution in [2.45, 2.75) is 0 Å². The number of carboxylic acids is 1. The number of hydrogen-bond donors (Lipinski definition) is 2. The van der Waals surface area contributed by atoms with Crippen LogP contribution in [0.25, 0.3) is 0 Å². The average Bonchev–Trinajstić information content (AvgIpc) is 2.24. The van der Waals surface area contributed by atoms with Gasteiger partial charge in [0.1, 0.15) is 5.75 Å². The molecule has 0 aliphatic heterocycles. The zero-order valence-corrected chi connectivity index (χ0v) is 8.43. The minimum Gasteiger partial charge on any atom is -0.497 e. The summed E-state index contributed by atoms with van der Waals surface area (Å²) in [6.07, 6.45) is 2.65. The molecule has 0 atom stereocenters. The van der Waals surface area contributed by atoms with Crippen LogP contribution in [0.15, 0.2) is 36.4 Å². The second-order valence-corrected chi connectivity index (χ2v) is 2.85. The zero-order valence-electron chi connectivity index (χ0n) is 8.43. The molecule has 0 aliphatic rings. The summed E-state index contributed by atoms with van der Waals surface area (Å²) in [4.78, 5) is 10.2. The lowest BCUT2D eigenvalue weighted by Gasteiger charge is -2.05. The highest BCUT2D eigenvalue weighted by atomic mass is 16.5. The smallest absolute Gasteiger partial charge is 0.328 e. The van der Waals surface area contributed by atoms with E-state index in [0.29, 0.717) is 6.54 Å². The topological polar surface area (TPSA) is 58.6 Å². The fourth-order valence-corrected chi connectivity index (χ4v) is 1.07. The van der Waals surface area contributed by atoms with Crippen molar-refractivity contribution in [3.63, 3.8) is 0 Å². The molecule has 15 heavy (non-hydrogen) atoms. The number of benzene rings is 1. The quantitative estimate of drug-likeness (QED) is 0.722. The van der Waals surface area contributed by atoms with E-state index in [1.165, 1.54) is 0 Å². The predicted molar refractivity (Wildman–Crippen MR) is 58.3 cm³/mol. The van der Waals surface area contributed by atoms with Crippen LogP contribution in [0.5, 0.6) is 5.75 Å². The highest BCUT2D eigenvalue weighted by molar-refractivity contribution is 5.79. The first-order valence-corrected chi connectivity index (χ1v) is 4.50. The van der Waals surface area contributed by atoms with Gasteiger partial charge in [0, 0.05) is 24.4 Å². The summed E-state index contributed by atoms with van der Waals surface area (Å²) in [5, 5.41) is 11.4. The Morgan fingerprint density at radius 3 is 3.07 bits per heavy atom. The molecule has 1 aromatic rings. The highest BCUT2D eigenvalue weighted by Gasteiger charge is 1.93. The maximum Gasteiger partial charge on any atom is 0.328 e. The lowest BCUT2D eigenvalue weighted by Crippen LogP contribution is -1.99. The number of carbonyl (C=O) groups is 1. The highest BCUT2D eigenvalue weighted by Crippen LogP contribution is 2.16. The third-order valence-corrected chi connectivity index (χ3v) is 1.75. The SMILES string of the molecule is COc1cccc(NC/C=C/C(=O)O)c1. The third-order valence-electron chi connectivity index (χ3n) is 1.75. The number of nitrogens with one attached hydrogen (secondary N) is 1. The van der Waals surface area contributed by atoms with E-state index in [0.717, 1.165) is 17.5 Å². The fourth-order valence-electron chi connectivity index (χ4n) is 1.07. The van der Waals surface area contributed by atoms with Gasteiger partial charge in [0.2, 0.25) is 0 Å². The molecule has 4 nitrogen and oxygen atoms in total. The summed E-state index contributed by atoms with van der Waals surface area (Å²) in [6.45, 7) is 0.472. The van der Waals surface area contributed by atoms with E-state index in [1.54, 1.807) is 13.2 Å². The Morgan fingerprint density at radius 1 is 1.60 bits per heavy atom. The molecule has 0 aliphatic carbocycles. The molecule has 0 fully saturated rings. The summed E-state index contributed by atoms with van der Waals surface area (Å²) in [5.41, 5.74) is 0.893. The predicted octanol–water partition coefficient (Wildman–Crippen LogP) is 1.75.